The molecule has 3 heteroatoms. The van der Waals surface area contributed by atoms with E-state index in [0.29, 0.717) is 18.2 Å². The molecule has 0 bridgehead atoms. The van der Waals surface area contributed by atoms with Gasteiger partial charge in [-0.05, 0) is 39.0 Å². The van der Waals surface area contributed by atoms with E-state index < -0.39 is 0 Å². The Hall–Kier alpha value is -0.120. The zero-order valence-electron chi connectivity index (χ0n) is 14.1. The van der Waals surface area contributed by atoms with E-state index in [-0.39, 0.29) is 11.0 Å². The Morgan fingerprint density at radius 2 is 1.95 bits per heavy atom. The van der Waals surface area contributed by atoms with Crippen LogP contribution in [0.5, 0.6) is 0 Å². The molecule has 2 aliphatic carbocycles. The molecule has 0 aromatic heterocycles. The fraction of sp³-hybridized carbons (Fsp3) is 1.00. The second kappa shape index (κ2) is 6.17. The Balaban J connectivity index is 1.54. The Morgan fingerprint density at radius 1 is 1.19 bits per heavy atom. The van der Waals surface area contributed by atoms with E-state index in [0.717, 1.165) is 13.2 Å². The first-order valence-electron chi connectivity index (χ1n) is 9.07. The summed E-state index contributed by atoms with van der Waals surface area (Å²) in [6.07, 6.45) is 10.7. The van der Waals surface area contributed by atoms with Crippen LogP contribution in [0.1, 0.15) is 72.1 Å². The average molecular weight is 295 g/mol. The Labute approximate surface area is 130 Å². The van der Waals surface area contributed by atoms with Crippen molar-refractivity contribution < 1.29 is 9.47 Å². The van der Waals surface area contributed by atoms with Gasteiger partial charge in [0.2, 0.25) is 0 Å². The lowest BCUT2D eigenvalue weighted by Gasteiger charge is -2.54. The molecule has 1 N–H and O–H groups in total. The van der Waals surface area contributed by atoms with E-state index >= 15 is 0 Å². The lowest BCUT2D eigenvalue weighted by Crippen LogP contribution is -2.64. The van der Waals surface area contributed by atoms with Gasteiger partial charge in [-0.3, -0.25) is 0 Å². The largest absolute Gasteiger partial charge is 0.378 e. The summed E-state index contributed by atoms with van der Waals surface area (Å²) in [6.45, 7) is 8.58. The summed E-state index contributed by atoms with van der Waals surface area (Å²) < 4.78 is 12.1. The lowest BCUT2D eigenvalue weighted by molar-refractivity contribution is -0.135. The molecule has 0 amide bonds. The monoisotopic (exact) mass is 295 g/mol. The van der Waals surface area contributed by atoms with Crippen LogP contribution in [0.3, 0.4) is 0 Å². The number of nitrogens with one attached hydrogen (secondary N) is 1. The van der Waals surface area contributed by atoms with Crippen LogP contribution in [0, 0.1) is 5.41 Å². The molecule has 2 saturated carbocycles. The fourth-order valence-corrected chi connectivity index (χ4v) is 4.65. The first-order valence-corrected chi connectivity index (χ1v) is 9.07. The molecule has 1 spiro atoms. The minimum atomic E-state index is 0.210. The average Bonchev–Trinajstić information content (AvgIpc) is 2.47. The molecule has 0 aromatic carbocycles. The quantitative estimate of drug-likeness (QED) is 0.858. The highest BCUT2D eigenvalue weighted by Crippen LogP contribution is 2.44. The van der Waals surface area contributed by atoms with Crippen molar-refractivity contribution in [1.29, 1.82) is 0 Å². The first kappa shape index (κ1) is 15.8. The van der Waals surface area contributed by atoms with Gasteiger partial charge in [0, 0.05) is 30.7 Å². The van der Waals surface area contributed by atoms with Gasteiger partial charge in [-0.15, -0.1) is 0 Å². The maximum atomic E-state index is 6.22. The van der Waals surface area contributed by atoms with Crippen molar-refractivity contribution in [2.75, 3.05) is 13.2 Å². The van der Waals surface area contributed by atoms with Crippen molar-refractivity contribution in [1.82, 2.24) is 5.32 Å². The molecule has 3 atom stereocenters. The van der Waals surface area contributed by atoms with Crippen molar-refractivity contribution in [3.05, 3.63) is 0 Å². The van der Waals surface area contributed by atoms with Crippen molar-refractivity contribution in [2.45, 2.75) is 95.9 Å². The molecule has 122 valence electrons. The summed E-state index contributed by atoms with van der Waals surface area (Å²) in [7, 11) is 0. The summed E-state index contributed by atoms with van der Waals surface area (Å²) in [5, 5.41) is 3.95. The normalized spacial score (nSPS) is 38.1. The van der Waals surface area contributed by atoms with Crippen LogP contribution in [0.25, 0.3) is 0 Å². The van der Waals surface area contributed by atoms with Gasteiger partial charge in [0.25, 0.3) is 0 Å². The van der Waals surface area contributed by atoms with E-state index in [1.807, 2.05) is 0 Å². The first-order chi connectivity index (χ1) is 10.1. The minimum absolute atomic E-state index is 0.210. The lowest BCUT2D eigenvalue weighted by atomic mass is 9.64. The maximum absolute atomic E-state index is 6.22. The van der Waals surface area contributed by atoms with Crippen molar-refractivity contribution >= 4 is 0 Å². The van der Waals surface area contributed by atoms with Gasteiger partial charge in [0.05, 0.1) is 11.7 Å². The maximum Gasteiger partial charge on any atom is 0.0697 e. The molecular formula is C18H33NO2. The fourth-order valence-electron chi connectivity index (χ4n) is 4.65. The molecular weight excluding hydrogens is 262 g/mol. The summed E-state index contributed by atoms with van der Waals surface area (Å²) in [4.78, 5) is 0. The molecule has 0 radical (unpaired) electrons. The number of hydrogen-bond donors (Lipinski definition) is 1. The van der Waals surface area contributed by atoms with Crippen molar-refractivity contribution in [3.63, 3.8) is 0 Å². The molecule has 3 fully saturated rings. The van der Waals surface area contributed by atoms with Gasteiger partial charge >= 0.3 is 0 Å². The Kier molecular flexibility index (Phi) is 4.63. The highest BCUT2D eigenvalue weighted by molar-refractivity contribution is 5.05. The van der Waals surface area contributed by atoms with Gasteiger partial charge in [0.1, 0.15) is 0 Å². The van der Waals surface area contributed by atoms with Gasteiger partial charge in [-0.25, -0.2) is 0 Å². The van der Waals surface area contributed by atoms with E-state index in [1.54, 1.807) is 0 Å². The molecule has 3 nitrogen and oxygen atoms in total. The van der Waals surface area contributed by atoms with E-state index in [9.17, 15) is 0 Å². The molecule has 3 aliphatic rings. The van der Waals surface area contributed by atoms with Crippen LogP contribution in [-0.4, -0.2) is 37.0 Å². The number of rotatable bonds is 4. The van der Waals surface area contributed by atoms with Crippen LogP contribution in [0.4, 0.5) is 0 Å². The Bertz CT molecular complexity index is 344. The van der Waals surface area contributed by atoms with Crippen molar-refractivity contribution in [2.24, 2.45) is 5.41 Å². The van der Waals surface area contributed by atoms with E-state index in [2.05, 4.69) is 26.1 Å². The third kappa shape index (κ3) is 3.16. The molecule has 21 heavy (non-hydrogen) atoms. The summed E-state index contributed by atoms with van der Waals surface area (Å²) in [5.74, 6) is 0. The highest BCUT2D eigenvalue weighted by atomic mass is 16.5. The molecule has 1 aliphatic heterocycles. The number of ether oxygens (including phenoxy) is 2. The molecule has 3 rings (SSSR count). The summed E-state index contributed by atoms with van der Waals surface area (Å²) in [6, 6.07) is 1.25. The van der Waals surface area contributed by atoms with Gasteiger partial charge < -0.3 is 14.8 Å². The second-order valence-electron chi connectivity index (χ2n) is 8.00. The van der Waals surface area contributed by atoms with Crippen LogP contribution in [-0.2, 0) is 9.47 Å². The van der Waals surface area contributed by atoms with Gasteiger partial charge in [0.15, 0.2) is 0 Å². The highest BCUT2D eigenvalue weighted by Gasteiger charge is 2.50. The SMILES string of the molecule is CCOC1CC(NC2CCOC3(CCCCC3)C2)C1(C)C. The predicted molar refractivity (Wildman–Crippen MR) is 85.5 cm³/mol. The third-order valence-electron chi connectivity index (χ3n) is 6.24. The minimum Gasteiger partial charge on any atom is -0.378 e. The topological polar surface area (TPSA) is 30.5 Å². The van der Waals surface area contributed by atoms with Crippen molar-refractivity contribution in [3.8, 4) is 0 Å². The number of hydrogen-bond acceptors (Lipinski definition) is 3. The smallest absolute Gasteiger partial charge is 0.0697 e. The van der Waals surface area contributed by atoms with E-state index in [1.165, 1.54) is 51.4 Å². The third-order valence-corrected chi connectivity index (χ3v) is 6.24. The standard InChI is InChI=1S/C18H33NO2/c1-4-20-16-12-15(17(16,2)3)19-14-8-11-21-18(13-14)9-6-5-7-10-18/h14-16,19H,4-13H2,1-3H3. The van der Waals surface area contributed by atoms with Gasteiger partial charge in [-0.2, -0.15) is 0 Å². The van der Waals surface area contributed by atoms with Crippen LogP contribution >= 0.6 is 0 Å². The molecule has 3 unspecified atom stereocenters. The summed E-state index contributed by atoms with van der Waals surface area (Å²) in [5.41, 5.74) is 0.482. The predicted octanol–water partition coefficient (Wildman–Crippen LogP) is 3.66. The zero-order valence-corrected chi connectivity index (χ0v) is 14.1. The van der Waals surface area contributed by atoms with E-state index in [4.69, 9.17) is 9.47 Å². The molecule has 0 aromatic rings. The second-order valence-corrected chi connectivity index (χ2v) is 8.00. The molecule has 1 saturated heterocycles. The van der Waals surface area contributed by atoms with Crippen LogP contribution < -0.4 is 5.32 Å². The Morgan fingerprint density at radius 3 is 2.62 bits per heavy atom. The van der Waals surface area contributed by atoms with Crippen LogP contribution in [0.2, 0.25) is 0 Å². The van der Waals surface area contributed by atoms with Crippen LogP contribution in [0.15, 0.2) is 0 Å². The van der Waals surface area contributed by atoms with Gasteiger partial charge in [-0.1, -0.05) is 33.1 Å². The zero-order chi connectivity index (χ0) is 14.9. The molecule has 1 heterocycles. The summed E-state index contributed by atoms with van der Waals surface area (Å²) >= 11 is 0.